The van der Waals surface area contributed by atoms with Crippen molar-refractivity contribution >= 4 is 27.6 Å². The molecule has 1 fully saturated rings. The van der Waals surface area contributed by atoms with Gasteiger partial charge in [-0.3, -0.25) is 9.69 Å². The van der Waals surface area contributed by atoms with Crippen molar-refractivity contribution in [2.45, 2.75) is 11.3 Å². The van der Waals surface area contributed by atoms with Gasteiger partial charge in [0, 0.05) is 25.3 Å². The van der Waals surface area contributed by atoms with Crippen LogP contribution in [0.2, 0.25) is 0 Å². The van der Waals surface area contributed by atoms with Crippen molar-refractivity contribution in [2.75, 3.05) is 45.2 Å². The molecule has 0 spiro atoms. The predicted molar refractivity (Wildman–Crippen MR) is 113 cm³/mol. The second kappa shape index (κ2) is 9.84. The highest BCUT2D eigenvalue weighted by Crippen LogP contribution is 2.22. The first-order valence-electron chi connectivity index (χ1n) is 9.66. The number of carbonyl (C=O) groups is 2. The fraction of sp³-hybridized carbons (Fsp3) is 0.333. The third-order valence-electron chi connectivity index (χ3n) is 4.88. The third-order valence-corrected chi connectivity index (χ3v) is 6.84. The van der Waals surface area contributed by atoms with E-state index in [4.69, 9.17) is 4.74 Å². The van der Waals surface area contributed by atoms with Gasteiger partial charge in [0.05, 0.1) is 24.1 Å². The Balaban J connectivity index is 1.66. The second-order valence-electron chi connectivity index (χ2n) is 6.94. The molecule has 8 nitrogen and oxygen atoms in total. The molecule has 1 N–H and O–H groups in total. The summed E-state index contributed by atoms with van der Waals surface area (Å²) >= 11 is 0. The molecule has 0 atom stereocenters. The molecule has 0 bridgehead atoms. The number of nitrogens with zero attached hydrogens (tertiary/aromatic N) is 2. The first-order chi connectivity index (χ1) is 14.4. The number of anilines is 1. The van der Waals surface area contributed by atoms with Gasteiger partial charge in [0.1, 0.15) is 0 Å². The van der Waals surface area contributed by atoms with Crippen molar-refractivity contribution in [1.82, 2.24) is 9.21 Å². The molecule has 30 heavy (non-hydrogen) atoms. The van der Waals surface area contributed by atoms with Gasteiger partial charge >= 0.3 is 5.97 Å². The molecule has 0 saturated carbocycles. The summed E-state index contributed by atoms with van der Waals surface area (Å²) in [5, 5.41) is 2.84. The number of para-hydroxylation sites is 1. The van der Waals surface area contributed by atoms with Crippen LogP contribution in [0.5, 0.6) is 0 Å². The normalized spacial score (nSPS) is 15.9. The maximum absolute atomic E-state index is 13.2. The Hall–Kier alpha value is -2.75. The SMILES string of the molecule is COC(=O)c1ccccc1S(=O)(=O)N1CCCN(CC(=O)Nc2ccccc2)CC1. The van der Waals surface area contributed by atoms with Crippen molar-refractivity contribution in [1.29, 1.82) is 0 Å². The fourth-order valence-corrected chi connectivity index (χ4v) is 5.03. The summed E-state index contributed by atoms with van der Waals surface area (Å²) in [6.45, 7) is 1.75. The molecule has 1 saturated heterocycles. The zero-order chi connectivity index (χ0) is 21.6. The summed E-state index contributed by atoms with van der Waals surface area (Å²) in [6.07, 6.45) is 0.582. The molecule has 160 valence electrons. The van der Waals surface area contributed by atoms with Crippen molar-refractivity contribution in [2.24, 2.45) is 0 Å². The predicted octanol–water partition coefficient (Wildman–Crippen LogP) is 1.81. The highest BCUT2D eigenvalue weighted by Gasteiger charge is 2.31. The highest BCUT2D eigenvalue weighted by atomic mass is 32.2. The minimum Gasteiger partial charge on any atom is -0.465 e. The lowest BCUT2D eigenvalue weighted by Crippen LogP contribution is -2.38. The summed E-state index contributed by atoms with van der Waals surface area (Å²) in [5.41, 5.74) is 0.740. The van der Waals surface area contributed by atoms with Crippen LogP contribution in [0.4, 0.5) is 5.69 Å². The monoisotopic (exact) mass is 431 g/mol. The zero-order valence-electron chi connectivity index (χ0n) is 16.8. The smallest absolute Gasteiger partial charge is 0.339 e. The Labute approximate surface area is 176 Å². The van der Waals surface area contributed by atoms with E-state index in [9.17, 15) is 18.0 Å². The maximum atomic E-state index is 13.2. The van der Waals surface area contributed by atoms with Crippen LogP contribution in [0.15, 0.2) is 59.5 Å². The van der Waals surface area contributed by atoms with Gasteiger partial charge in [-0.15, -0.1) is 0 Å². The minimum atomic E-state index is -3.87. The molecule has 1 aliphatic heterocycles. The fourth-order valence-electron chi connectivity index (χ4n) is 3.38. The Bertz CT molecular complexity index is 995. The van der Waals surface area contributed by atoms with Gasteiger partial charge in [-0.05, 0) is 37.2 Å². The lowest BCUT2D eigenvalue weighted by Gasteiger charge is -2.22. The summed E-state index contributed by atoms with van der Waals surface area (Å²) in [6, 6.07) is 15.2. The Morgan fingerprint density at radius 2 is 1.67 bits per heavy atom. The molecule has 0 radical (unpaired) electrons. The molecule has 9 heteroatoms. The van der Waals surface area contributed by atoms with Gasteiger partial charge < -0.3 is 10.1 Å². The van der Waals surface area contributed by atoms with E-state index < -0.39 is 16.0 Å². The summed E-state index contributed by atoms with van der Waals surface area (Å²) < 4.78 is 32.4. The number of sulfonamides is 1. The van der Waals surface area contributed by atoms with Gasteiger partial charge in [0.15, 0.2) is 0 Å². The largest absolute Gasteiger partial charge is 0.465 e. The average molecular weight is 432 g/mol. The first-order valence-corrected chi connectivity index (χ1v) is 11.1. The molecule has 0 unspecified atom stereocenters. The number of ether oxygens (including phenoxy) is 1. The average Bonchev–Trinajstić information content (AvgIpc) is 3.00. The third kappa shape index (κ3) is 5.24. The molecule has 3 rings (SSSR count). The van der Waals surface area contributed by atoms with Crippen LogP contribution < -0.4 is 5.32 Å². The van der Waals surface area contributed by atoms with Crippen LogP contribution in [-0.4, -0.2) is 69.3 Å². The van der Waals surface area contributed by atoms with E-state index in [0.717, 1.165) is 5.69 Å². The molecule has 2 aromatic carbocycles. The Morgan fingerprint density at radius 1 is 0.967 bits per heavy atom. The van der Waals surface area contributed by atoms with Crippen molar-refractivity contribution < 1.29 is 22.7 Å². The maximum Gasteiger partial charge on any atom is 0.339 e. The topological polar surface area (TPSA) is 96.0 Å². The molecule has 2 aromatic rings. The minimum absolute atomic E-state index is 0.0170. The van der Waals surface area contributed by atoms with Crippen molar-refractivity contribution in [3.05, 3.63) is 60.2 Å². The van der Waals surface area contributed by atoms with E-state index >= 15 is 0 Å². The summed E-state index contributed by atoms with van der Waals surface area (Å²) in [5.74, 6) is -0.836. The molecule has 1 aliphatic rings. The molecular weight excluding hydrogens is 406 g/mol. The van der Waals surface area contributed by atoms with Gasteiger partial charge in [0.2, 0.25) is 15.9 Å². The van der Waals surface area contributed by atoms with Gasteiger partial charge in [-0.2, -0.15) is 4.31 Å². The zero-order valence-corrected chi connectivity index (χ0v) is 17.6. The number of benzene rings is 2. The first kappa shape index (κ1) is 21.9. The lowest BCUT2D eigenvalue weighted by molar-refractivity contribution is -0.117. The van der Waals surface area contributed by atoms with Gasteiger partial charge in [0.25, 0.3) is 0 Å². The summed E-state index contributed by atoms with van der Waals surface area (Å²) in [7, 11) is -2.65. The van der Waals surface area contributed by atoms with Gasteiger partial charge in [-0.25, -0.2) is 13.2 Å². The number of amides is 1. The number of rotatable bonds is 6. The van der Waals surface area contributed by atoms with Crippen LogP contribution in [0.25, 0.3) is 0 Å². The van der Waals surface area contributed by atoms with Crippen molar-refractivity contribution in [3.8, 4) is 0 Å². The number of hydrogen-bond acceptors (Lipinski definition) is 6. The van der Waals surface area contributed by atoms with E-state index in [-0.39, 0.29) is 29.5 Å². The van der Waals surface area contributed by atoms with Crippen LogP contribution >= 0.6 is 0 Å². The van der Waals surface area contributed by atoms with E-state index in [1.807, 2.05) is 35.2 Å². The van der Waals surface area contributed by atoms with Gasteiger partial charge in [-0.1, -0.05) is 30.3 Å². The number of hydrogen-bond donors (Lipinski definition) is 1. The van der Waals surface area contributed by atoms with Crippen LogP contribution in [0.3, 0.4) is 0 Å². The molecule has 0 aliphatic carbocycles. The van der Waals surface area contributed by atoms with Crippen LogP contribution in [0, 0.1) is 0 Å². The summed E-state index contributed by atoms with van der Waals surface area (Å²) in [4.78, 5) is 26.2. The van der Waals surface area contributed by atoms with Crippen LogP contribution in [-0.2, 0) is 19.6 Å². The van der Waals surface area contributed by atoms with E-state index in [2.05, 4.69) is 5.32 Å². The van der Waals surface area contributed by atoms with E-state index in [1.54, 1.807) is 12.1 Å². The second-order valence-corrected chi connectivity index (χ2v) is 8.84. The molecule has 1 amide bonds. The highest BCUT2D eigenvalue weighted by molar-refractivity contribution is 7.89. The van der Waals surface area contributed by atoms with Crippen LogP contribution in [0.1, 0.15) is 16.8 Å². The lowest BCUT2D eigenvalue weighted by atomic mass is 10.2. The van der Waals surface area contributed by atoms with E-state index in [1.165, 1.54) is 23.5 Å². The number of methoxy groups -OCH3 is 1. The Morgan fingerprint density at radius 3 is 2.40 bits per heavy atom. The number of carbonyl (C=O) groups excluding carboxylic acids is 2. The van der Waals surface area contributed by atoms with Crippen molar-refractivity contribution in [3.63, 3.8) is 0 Å². The molecule has 0 aromatic heterocycles. The molecule has 1 heterocycles. The Kier molecular flexibility index (Phi) is 7.20. The quantitative estimate of drug-likeness (QED) is 0.701. The number of nitrogens with one attached hydrogen (secondary N) is 1. The molecular formula is C21H25N3O5S. The number of esters is 1. The standard InChI is InChI=1S/C21H25N3O5S/c1-29-21(26)18-10-5-6-11-19(18)30(27,28)24-13-7-12-23(14-15-24)16-20(25)22-17-8-3-2-4-9-17/h2-6,8-11H,7,12-16H2,1H3,(H,22,25). The van der Waals surface area contributed by atoms with E-state index in [0.29, 0.717) is 26.1 Å².